The molecule has 0 saturated carbocycles. The van der Waals surface area contributed by atoms with Gasteiger partial charge in [-0.1, -0.05) is 12.1 Å². The van der Waals surface area contributed by atoms with Gasteiger partial charge in [0, 0.05) is 66.1 Å². The lowest BCUT2D eigenvalue weighted by atomic mass is 9.86. The zero-order valence-corrected chi connectivity index (χ0v) is 44.1. The van der Waals surface area contributed by atoms with Gasteiger partial charge in [0.15, 0.2) is 34.4 Å². The van der Waals surface area contributed by atoms with E-state index in [9.17, 15) is 94.2 Å². The maximum absolute atomic E-state index is 14.9. The van der Waals surface area contributed by atoms with Crippen LogP contribution in [0.1, 0.15) is 142 Å². The van der Waals surface area contributed by atoms with Crippen molar-refractivity contribution in [3.8, 4) is 11.1 Å². The van der Waals surface area contributed by atoms with Crippen LogP contribution in [0.2, 0.25) is 0 Å². The SMILES string of the molecule is CC(=O)Cn1nc(C(F)(F)F)c2c1C(=O)CCC2.CCOC(=O)Cn1nc(C(F)(F)F)c2c1C(F)(F)CCC2.NC(=O)c1cc(-c2cccnc2[C@@H](CC(=O)Cn2nc(C(F)(F)F)c3c2C(F)(F)CCC3)Cc2cc(F)cc(F)c2)ccc1F. The largest absolute Gasteiger partial charge is 0.465 e. The van der Waals surface area contributed by atoms with Crippen molar-refractivity contribution in [1.82, 2.24) is 34.3 Å². The quantitative estimate of drug-likeness (QED) is 0.0812. The number of hydrogen-bond acceptors (Lipinski definition) is 10. The van der Waals surface area contributed by atoms with Crippen LogP contribution < -0.4 is 5.73 Å². The molecule has 1 amide bonds. The number of rotatable bonds is 14. The van der Waals surface area contributed by atoms with Crippen LogP contribution in [0.15, 0.2) is 54.7 Å². The second kappa shape index (κ2) is 24.7. The molecule has 4 heterocycles. The first-order chi connectivity index (χ1) is 39.1. The highest BCUT2D eigenvalue weighted by Crippen LogP contribution is 2.47. The molecule has 0 unspecified atom stereocenters. The van der Waals surface area contributed by atoms with E-state index in [0.717, 1.165) is 28.9 Å². The topological polar surface area (TPSA) is 187 Å². The van der Waals surface area contributed by atoms with Gasteiger partial charge in [-0.2, -0.15) is 72.4 Å². The van der Waals surface area contributed by atoms with Crippen molar-refractivity contribution in [3.63, 3.8) is 0 Å². The molecule has 0 radical (unpaired) electrons. The fourth-order valence-electron chi connectivity index (χ4n) is 10.3. The fraction of sp³-hybridized carbons (Fsp3) is 0.426. The van der Waals surface area contributed by atoms with E-state index in [1.165, 1.54) is 38.2 Å². The van der Waals surface area contributed by atoms with Gasteiger partial charge in [0.1, 0.15) is 54.2 Å². The van der Waals surface area contributed by atoms with Crippen molar-refractivity contribution in [2.45, 2.75) is 140 Å². The van der Waals surface area contributed by atoms with Crippen molar-refractivity contribution >= 4 is 29.2 Å². The minimum absolute atomic E-state index is 0.00478. The minimum Gasteiger partial charge on any atom is -0.465 e. The van der Waals surface area contributed by atoms with E-state index in [-0.39, 0.29) is 103 Å². The molecule has 3 aliphatic carbocycles. The Morgan fingerprint density at radius 3 is 1.73 bits per heavy atom. The lowest BCUT2D eigenvalue weighted by Gasteiger charge is -2.24. The summed E-state index contributed by atoms with van der Waals surface area (Å²) in [7, 11) is 0. The van der Waals surface area contributed by atoms with Crippen LogP contribution in [-0.4, -0.2) is 70.2 Å². The summed E-state index contributed by atoms with van der Waals surface area (Å²) >= 11 is 0. The molecule has 30 heteroatoms. The number of ether oxygens (including phenoxy) is 1. The minimum atomic E-state index is -5.03. The van der Waals surface area contributed by atoms with Crippen molar-refractivity contribution in [3.05, 3.63) is 140 Å². The average Bonchev–Trinajstić information content (AvgIpc) is 4.16. The summed E-state index contributed by atoms with van der Waals surface area (Å²) in [5.41, 5.74) is -1.32. The molecule has 0 fully saturated rings. The van der Waals surface area contributed by atoms with Gasteiger partial charge in [-0.3, -0.25) is 43.0 Å². The molecule has 4 aromatic heterocycles. The van der Waals surface area contributed by atoms with Crippen LogP contribution >= 0.6 is 0 Å². The number of ketones is 3. The predicted octanol–water partition coefficient (Wildman–Crippen LogP) is 11.8. The summed E-state index contributed by atoms with van der Waals surface area (Å²) in [5, 5.41) is 9.98. The van der Waals surface area contributed by atoms with Gasteiger partial charge < -0.3 is 10.5 Å². The Kier molecular flexibility index (Phi) is 18.7. The Balaban J connectivity index is 0.000000213. The number of nitrogens with two attached hydrogens (primary N) is 1. The summed E-state index contributed by atoms with van der Waals surface area (Å²) in [5.74, 6) is -14.3. The molecule has 452 valence electrons. The number of benzene rings is 2. The van der Waals surface area contributed by atoms with E-state index >= 15 is 0 Å². The van der Waals surface area contributed by atoms with E-state index in [4.69, 9.17) is 5.73 Å². The smallest absolute Gasteiger partial charge is 0.435 e. The number of amides is 1. The van der Waals surface area contributed by atoms with Gasteiger partial charge in [0.2, 0.25) is 0 Å². The highest BCUT2D eigenvalue weighted by atomic mass is 19.4. The van der Waals surface area contributed by atoms with E-state index in [1.807, 2.05) is 0 Å². The van der Waals surface area contributed by atoms with Crippen LogP contribution in [0, 0.1) is 17.5 Å². The molecule has 0 saturated heterocycles. The number of Topliss-reactive ketones (excluding diaryl/α,β-unsaturated/α-hetero) is 3. The van der Waals surface area contributed by atoms with Gasteiger partial charge in [0.25, 0.3) is 17.8 Å². The van der Waals surface area contributed by atoms with Crippen LogP contribution in [-0.2, 0) is 94.8 Å². The number of carbonyl (C=O) groups excluding carboxylic acids is 5. The summed E-state index contributed by atoms with van der Waals surface area (Å²) in [6.07, 6.45) is -15.0. The second-order valence-corrected chi connectivity index (χ2v) is 19.8. The average molecular weight is 1210 g/mol. The summed E-state index contributed by atoms with van der Waals surface area (Å²) in [6, 6.07) is 9.19. The van der Waals surface area contributed by atoms with Crippen molar-refractivity contribution < 1.29 is 99.0 Å². The number of hydrogen-bond donors (Lipinski definition) is 1. The van der Waals surface area contributed by atoms with Crippen LogP contribution in [0.3, 0.4) is 0 Å². The number of primary amides is 1. The normalized spacial score (nSPS) is 15.8. The van der Waals surface area contributed by atoms with Crippen LogP contribution in [0.4, 0.5) is 70.2 Å². The Hall–Kier alpha value is -7.95. The first-order valence-electron chi connectivity index (χ1n) is 25.6. The molecule has 2 aromatic carbocycles. The third kappa shape index (κ3) is 14.5. The van der Waals surface area contributed by atoms with E-state index in [0.29, 0.717) is 21.9 Å². The van der Waals surface area contributed by atoms with Gasteiger partial charge in [-0.25, -0.2) is 13.2 Å². The third-order valence-corrected chi connectivity index (χ3v) is 13.5. The Bertz CT molecular complexity index is 3470. The van der Waals surface area contributed by atoms with Gasteiger partial charge >= 0.3 is 24.5 Å². The lowest BCUT2D eigenvalue weighted by molar-refractivity contribution is -0.146. The maximum Gasteiger partial charge on any atom is 0.435 e. The Labute approximate surface area is 465 Å². The highest BCUT2D eigenvalue weighted by molar-refractivity contribution is 5.97. The van der Waals surface area contributed by atoms with Gasteiger partial charge in [-0.05, 0) is 100 Å². The molecule has 0 aliphatic heterocycles. The lowest BCUT2D eigenvalue weighted by Crippen LogP contribution is -2.27. The first kappa shape index (κ1) is 63.6. The molecule has 2 N–H and O–H groups in total. The molecule has 3 aliphatic rings. The van der Waals surface area contributed by atoms with E-state index in [2.05, 4.69) is 25.0 Å². The fourth-order valence-corrected chi connectivity index (χ4v) is 10.3. The molecule has 1 atom stereocenters. The molecule has 9 rings (SSSR count). The summed E-state index contributed by atoms with van der Waals surface area (Å²) in [6.45, 7) is 0.754. The number of fused-ring (bicyclic) bond motifs is 3. The maximum atomic E-state index is 14.9. The second-order valence-electron chi connectivity index (χ2n) is 19.8. The number of carbonyl (C=O) groups is 5. The molecule has 6 aromatic rings. The number of pyridine rings is 1. The molecule has 0 bridgehead atoms. The summed E-state index contributed by atoms with van der Waals surface area (Å²) < 4.78 is 224. The van der Waals surface area contributed by atoms with Crippen LogP contribution in [0.5, 0.6) is 0 Å². The first-order valence-corrected chi connectivity index (χ1v) is 25.6. The summed E-state index contributed by atoms with van der Waals surface area (Å²) in [4.78, 5) is 63.6. The van der Waals surface area contributed by atoms with Crippen molar-refractivity contribution in [2.75, 3.05) is 6.61 Å². The van der Waals surface area contributed by atoms with Crippen molar-refractivity contribution in [2.24, 2.45) is 5.73 Å². The number of aromatic nitrogens is 7. The standard InChI is InChI=1S/C31H24F8N4O2.C12H13F5N2O2.C11H11F3N2O2/c32-19-10-16(11-20(33)14-19)9-18(26-22(4-2-8-41-26)17-5-6-25(34)24(13-17)29(40)45)12-21(44)15-43-28-23(3-1-7-30(28,35)36)27(42-43)31(37,38)39;1-2-21-8(20)6-19-10-7(4-3-5-11(10,13)14)9(18-19)12(15,16)17;1-6(17)5-16-9-7(3-2-4-8(9)18)10(15-16)11(12,13)14/h2,4-6,8,10-11,13-14,18H,1,3,7,9,12,15H2,(H2,40,45);2-6H2,1H3;2-5H2,1H3/t18-;;/m1../s1. The monoisotopic (exact) mass is 1210 g/mol. The molecule has 14 nitrogen and oxygen atoms in total. The predicted molar refractivity (Wildman–Crippen MR) is 261 cm³/mol. The number of halogens is 16. The number of nitrogens with zero attached hydrogens (tertiary/aromatic N) is 7. The molecule has 84 heavy (non-hydrogen) atoms. The van der Waals surface area contributed by atoms with E-state index in [1.54, 1.807) is 0 Å². The van der Waals surface area contributed by atoms with Gasteiger partial charge in [-0.15, -0.1) is 0 Å². The Morgan fingerprint density at radius 1 is 0.679 bits per heavy atom. The van der Waals surface area contributed by atoms with Gasteiger partial charge in [0.05, 0.1) is 17.9 Å². The Morgan fingerprint density at radius 2 is 1.20 bits per heavy atom. The van der Waals surface area contributed by atoms with Crippen molar-refractivity contribution in [1.29, 1.82) is 0 Å². The van der Waals surface area contributed by atoms with Crippen LogP contribution in [0.25, 0.3) is 11.1 Å². The molecular weight excluding hydrogens is 1160 g/mol. The number of esters is 1. The molecular formula is C54H48F16N8O6. The highest BCUT2D eigenvalue weighted by Gasteiger charge is 2.50. The number of alkyl halides is 13. The van der Waals surface area contributed by atoms with E-state index < -0.39 is 149 Å². The molecule has 0 spiro atoms. The third-order valence-electron chi connectivity index (χ3n) is 13.5. The zero-order valence-electron chi connectivity index (χ0n) is 44.1. The zero-order chi connectivity index (χ0) is 62.0.